The molecule has 25 heavy (non-hydrogen) atoms. The Labute approximate surface area is 148 Å². The van der Waals surface area contributed by atoms with Gasteiger partial charge in [0, 0.05) is 10.0 Å². The van der Waals surface area contributed by atoms with Gasteiger partial charge in [0.15, 0.2) is 5.69 Å². The zero-order valence-electron chi connectivity index (χ0n) is 12.6. The maximum Gasteiger partial charge on any atom is 0.292 e. The summed E-state index contributed by atoms with van der Waals surface area (Å²) in [6.07, 6.45) is 1.17. The number of aromatic nitrogens is 5. The molecule has 3 rings (SSSR count). The van der Waals surface area contributed by atoms with Crippen LogP contribution in [0.25, 0.3) is 5.82 Å². The number of hydrogen-bond acceptors (Lipinski definition) is 8. The van der Waals surface area contributed by atoms with E-state index in [1.165, 1.54) is 18.3 Å². The summed E-state index contributed by atoms with van der Waals surface area (Å²) in [4.78, 5) is 12.3. The Kier molecular flexibility index (Phi) is 4.52. The standard InChI is InChI=1S/C13H10BrFN8O2/c1-6-10(23(22-18-6)12-11(16)20-25-21-12)13(24)19-17-5-7-4-8(14)2-3-9(7)15/h2-5H,1H3,(H2,16,20)(H,19,24). The van der Waals surface area contributed by atoms with Crippen molar-refractivity contribution in [3.63, 3.8) is 0 Å². The topological polar surface area (TPSA) is 137 Å². The molecular formula is C13H10BrFN8O2. The lowest BCUT2D eigenvalue weighted by Crippen LogP contribution is -2.23. The van der Waals surface area contributed by atoms with Crippen LogP contribution in [0.3, 0.4) is 0 Å². The zero-order chi connectivity index (χ0) is 18.0. The second kappa shape index (κ2) is 6.76. The molecule has 0 radical (unpaired) electrons. The van der Waals surface area contributed by atoms with E-state index in [0.717, 1.165) is 4.68 Å². The Morgan fingerprint density at radius 3 is 3.00 bits per heavy atom. The van der Waals surface area contributed by atoms with Gasteiger partial charge in [0.1, 0.15) is 5.82 Å². The summed E-state index contributed by atoms with van der Waals surface area (Å²) in [6.45, 7) is 1.57. The van der Waals surface area contributed by atoms with Crippen molar-refractivity contribution in [2.24, 2.45) is 5.10 Å². The SMILES string of the molecule is Cc1nnn(-c2nonc2N)c1C(=O)NN=Cc1cc(Br)ccc1F. The number of nitrogens with one attached hydrogen (secondary N) is 1. The number of halogens is 2. The largest absolute Gasteiger partial charge is 0.378 e. The van der Waals surface area contributed by atoms with E-state index in [1.54, 1.807) is 13.0 Å². The molecule has 0 unspecified atom stereocenters. The lowest BCUT2D eigenvalue weighted by molar-refractivity contribution is 0.0946. The molecule has 12 heteroatoms. The predicted molar refractivity (Wildman–Crippen MR) is 87.5 cm³/mol. The van der Waals surface area contributed by atoms with Gasteiger partial charge >= 0.3 is 0 Å². The Morgan fingerprint density at radius 1 is 1.48 bits per heavy atom. The molecule has 0 aliphatic rings. The fraction of sp³-hybridized carbons (Fsp3) is 0.0769. The third-order valence-electron chi connectivity index (χ3n) is 3.08. The van der Waals surface area contributed by atoms with Crippen molar-refractivity contribution in [3.05, 3.63) is 45.4 Å². The highest BCUT2D eigenvalue weighted by Crippen LogP contribution is 2.15. The third-order valence-corrected chi connectivity index (χ3v) is 3.57. The van der Waals surface area contributed by atoms with E-state index >= 15 is 0 Å². The summed E-state index contributed by atoms with van der Waals surface area (Å²) in [6, 6.07) is 4.34. The number of nitrogen functional groups attached to an aromatic ring is 1. The zero-order valence-corrected chi connectivity index (χ0v) is 14.2. The first-order chi connectivity index (χ1) is 12.0. The first-order valence-electron chi connectivity index (χ1n) is 6.76. The molecule has 0 bridgehead atoms. The van der Waals surface area contributed by atoms with Gasteiger partial charge in [-0.15, -0.1) is 5.10 Å². The van der Waals surface area contributed by atoms with E-state index in [0.29, 0.717) is 10.2 Å². The molecule has 128 valence electrons. The number of amides is 1. The Morgan fingerprint density at radius 2 is 2.28 bits per heavy atom. The van der Waals surface area contributed by atoms with Crippen molar-refractivity contribution in [1.29, 1.82) is 0 Å². The molecule has 1 aromatic carbocycles. The number of rotatable bonds is 4. The molecule has 0 spiro atoms. The van der Waals surface area contributed by atoms with Crippen LogP contribution in [0.5, 0.6) is 0 Å². The first-order valence-corrected chi connectivity index (χ1v) is 7.56. The van der Waals surface area contributed by atoms with Crippen molar-refractivity contribution in [2.75, 3.05) is 5.73 Å². The highest BCUT2D eigenvalue weighted by atomic mass is 79.9. The summed E-state index contributed by atoms with van der Waals surface area (Å²) in [5.74, 6) is -1.16. The van der Waals surface area contributed by atoms with Crippen molar-refractivity contribution >= 4 is 33.9 Å². The summed E-state index contributed by atoms with van der Waals surface area (Å²) >= 11 is 3.23. The minimum absolute atomic E-state index is 0.0211. The maximum atomic E-state index is 13.6. The molecule has 10 nitrogen and oxygen atoms in total. The van der Waals surface area contributed by atoms with Gasteiger partial charge in [-0.25, -0.2) is 14.4 Å². The van der Waals surface area contributed by atoms with Crippen LogP contribution in [0.1, 0.15) is 21.7 Å². The Bertz CT molecular complexity index is 967. The van der Waals surface area contributed by atoms with Crippen LogP contribution in [0, 0.1) is 12.7 Å². The molecule has 3 aromatic rings. The molecule has 0 saturated heterocycles. The van der Waals surface area contributed by atoms with Crippen molar-refractivity contribution in [1.82, 2.24) is 30.7 Å². The summed E-state index contributed by atoms with van der Waals surface area (Å²) < 4.78 is 19.9. The van der Waals surface area contributed by atoms with Gasteiger partial charge in [-0.1, -0.05) is 21.1 Å². The number of nitrogens with two attached hydrogens (primary N) is 1. The molecule has 0 saturated carbocycles. The van der Waals surface area contributed by atoms with Crippen molar-refractivity contribution in [3.8, 4) is 5.82 Å². The van der Waals surface area contributed by atoms with E-state index in [2.05, 4.69) is 51.7 Å². The van der Waals surface area contributed by atoms with Crippen LogP contribution in [0.4, 0.5) is 10.2 Å². The van der Waals surface area contributed by atoms with E-state index in [9.17, 15) is 9.18 Å². The van der Waals surface area contributed by atoms with Gasteiger partial charge in [0.05, 0.1) is 11.9 Å². The number of hydrazone groups is 1. The lowest BCUT2D eigenvalue weighted by Gasteiger charge is -2.03. The molecule has 1 amide bonds. The van der Waals surface area contributed by atoms with Crippen LogP contribution in [0.15, 0.2) is 32.4 Å². The van der Waals surface area contributed by atoms with Crippen molar-refractivity contribution in [2.45, 2.75) is 6.92 Å². The Hall–Kier alpha value is -3.15. The molecule has 0 aliphatic carbocycles. The number of benzene rings is 1. The van der Waals surface area contributed by atoms with Crippen LogP contribution < -0.4 is 11.2 Å². The molecule has 2 heterocycles. The molecule has 2 aromatic heterocycles. The van der Waals surface area contributed by atoms with Crippen LogP contribution in [-0.4, -0.2) is 37.4 Å². The van der Waals surface area contributed by atoms with Gasteiger partial charge in [-0.2, -0.15) is 9.78 Å². The quantitative estimate of drug-likeness (QED) is 0.488. The molecule has 0 atom stereocenters. The fourth-order valence-electron chi connectivity index (χ4n) is 1.93. The van der Waals surface area contributed by atoms with Gasteiger partial charge in [0.2, 0.25) is 11.6 Å². The molecular weight excluding hydrogens is 399 g/mol. The summed E-state index contributed by atoms with van der Waals surface area (Å²) in [5, 5.41) is 18.3. The first kappa shape index (κ1) is 16.7. The van der Waals surface area contributed by atoms with E-state index in [1.807, 2.05) is 0 Å². The molecule has 3 N–H and O–H groups in total. The minimum atomic E-state index is -0.642. The number of carbonyl (C=O) groups excluding carboxylic acids is 1. The average Bonchev–Trinajstić information content (AvgIpc) is 3.16. The number of nitrogens with zero attached hydrogens (tertiary/aromatic N) is 6. The van der Waals surface area contributed by atoms with Gasteiger partial charge in [-0.05, 0) is 35.4 Å². The van der Waals surface area contributed by atoms with Gasteiger partial charge in [-0.3, -0.25) is 4.79 Å². The highest BCUT2D eigenvalue weighted by Gasteiger charge is 2.22. The second-order valence-corrected chi connectivity index (χ2v) is 5.69. The van der Waals surface area contributed by atoms with Gasteiger partial charge < -0.3 is 5.73 Å². The van der Waals surface area contributed by atoms with E-state index in [4.69, 9.17) is 5.73 Å². The smallest absolute Gasteiger partial charge is 0.292 e. The predicted octanol–water partition coefficient (Wildman–Crippen LogP) is 1.21. The third kappa shape index (κ3) is 3.38. The average molecular weight is 409 g/mol. The summed E-state index contributed by atoms with van der Waals surface area (Å²) in [5.41, 5.74) is 8.41. The van der Waals surface area contributed by atoms with Crippen molar-refractivity contribution < 1.29 is 13.8 Å². The minimum Gasteiger partial charge on any atom is -0.378 e. The van der Waals surface area contributed by atoms with Gasteiger partial charge in [0.25, 0.3) is 5.91 Å². The Balaban J connectivity index is 1.83. The number of hydrogen-bond donors (Lipinski definition) is 2. The maximum absolute atomic E-state index is 13.6. The molecule has 0 aliphatic heterocycles. The molecule has 0 fully saturated rings. The van der Waals surface area contributed by atoms with E-state index < -0.39 is 11.7 Å². The second-order valence-electron chi connectivity index (χ2n) is 4.77. The van der Waals surface area contributed by atoms with Crippen LogP contribution in [0.2, 0.25) is 0 Å². The highest BCUT2D eigenvalue weighted by molar-refractivity contribution is 9.10. The number of anilines is 1. The number of carbonyl (C=O) groups is 1. The summed E-state index contributed by atoms with van der Waals surface area (Å²) in [7, 11) is 0. The lowest BCUT2D eigenvalue weighted by atomic mass is 10.2. The monoisotopic (exact) mass is 408 g/mol. The van der Waals surface area contributed by atoms with E-state index in [-0.39, 0.29) is 22.9 Å². The van der Waals surface area contributed by atoms with Crippen LogP contribution in [-0.2, 0) is 0 Å². The fourth-order valence-corrected chi connectivity index (χ4v) is 2.31. The normalized spacial score (nSPS) is 11.2. The number of aryl methyl sites for hydroxylation is 1. The van der Waals surface area contributed by atoms with Crippen LogP contribution >= 0.6 is 15.9 Å².